The van der Waals surface area contributed by atoms with Crippen LogP contribution in [0.25, 0.3) is 0 Å². The molecule has 0 aliphatic carbocycles. The van der Waals surface area contributed by atoms with Gasteiger partial charge in [0.25, 0.3) is 5.91 Å². The third kappa shape index (κ3) is 5.44. The van der Waals surface area contributed by atoms with Gasteiger partial charge in [-0.05, 0) is 42.7 Å². The first-order valence-corrected chi connectivity index (χ1v) is 8.28. The van der Waals surface area contributed by atoms with Crippen molar-refractivity contribution in [3.63, 3.8) is 0 Å². The number of nitrogens with one attached hydrogen (secondary N) is 2. The lowest BCUT2D eigenvalue weighted by atomic mass is 10.0. The predicted molar refractivity (Wildman–Crippen MR) is 98.0 cm³/mol. The van der Waals surface area contributed by atoms with E-state index in [2.05, 4.69) is 10.6 Å². The fourth-order valence-corrected chi connectivity index (χ4v) is 2.46. The predicted octanol–water partition coefficient (Wildman–Crippen LogP) is 1.85. The van der Waals surface area contributed by atoms with Gasteiger partial charge in [0.1, 0.15) is 6.04 Å². The summed E-state index contributed by atoms with van der Waals surface area (Å²) in [5.41, 5.74) is 3.45. The van der Waals surface area contributed by atoms with Crippen molar-refractivity contribution < 1.29 is 19.5 Å². The molecule has 1 atom stereocenters. The van der Waals surface area contributed by atoms with Gasteiger partial charge >= 0.3 is 5.97 Å². The van der Waals surface area contributed by atoms with Crippen LogP contribution in [-0.4, -0.2) is 35.5 Å². The summed E-state index contributed by atoms with van der Waals surface area (Å²) in [4.78, 5) is 35.4. The molecule has 0 spiro atoms. The SMILES string of the molecule is Cc1ccc(C[C@@H](NC(=O)CNC(=O)c2ccccc2)C(=O)O)cc1C. The van der Waals surface area contributed by atoms with E-state index in [1.165, 1.54) is 0 Å². The molecule has 0 aromatic heterocycles. The largest absolute Gasteiger partial charge is 0.480 e. The van der Waals surface area contributed by atoms with Crippen molar-refractivity contribution in [3.8, 4) is 0 Å². The highest BCUT2D eigenvalue weighted by atomic mass is 16.4. The average molecular weight is 354 g/mol. The van der Waals surface area contributed by atoms with Crippen molar-refractivity contribution in [1.29, 1.82) is 0 Å². The zero-order valence-corrected chi connectivity index (χ0v) is 14.8. The molecule has 0 saturated carbocycles. The highest BCUT2D eigenvalue weighted by molar-refractivity contribution is 5.96. The Balaban J connectivity index is 1.92. The van der Waals surface area contributed by atoms with E-state index in [4.69, 9.17) is 0 Å². The molecule has 2 aromatic carbocycles. The van der Waals surface area contributed by atoms with E-state index < -0.39 is 17.9 Å². The summed E-state index contributed by atoms with van der Waals surface area (Å²) in [6, 6.07) is 13.1. The minimum Gasteiger partial charge on any atom is -0.480 e. The van der Waals surface area contributed by atoms with E-state index in [0.717, 1.165) is 16.7 Å². The number of carbonyl (C=O) groups excluding carboxylic acids is 2. The van der Waals surface area contributed by atoms with Crippen LogP contribution in [0.1, 0.15) is 27.0 Å². The fourth-order valence-electron chi connectivity index (χ4n) is 2.46. The molecular formula is C20H22N2O4. The van der Waals surface area contributed by atoms with Gasteiger partial charge in [0.05, 0.1) is 6.54 Å². The first-order chi connectivity index (χ1) is 12.4. The molecule has 0 fully saturated rings. The fraction of sp³-hybridized carbons (Fsp3) is 0.250. The topological polar surface area (TPSA) is 95.5 Å². The van der Waals surface area contributed by atoms with Gasteiger partial charge in [-0.1, -0.05) is 36.4 Å². The van der Waals surface area contributed by atoms with Crippen LogP contribution in [0.3, 0.4) is 0 Å². The summed E-state index contributed by atoms with van der Waals surface area (Å²) in [7, 11) is 0. The zero-order chi connectivity index (χ0) is 19.1. The molecule has 2 aromatic rings. The number of aliphatic carboxylic acids is 1. The van der Waals surface area contributed by atoms with Crippen LogP contribution in [-0.2, 0) is 16.0 Å². The second-order valence-corrected chi connectivity index (χ2v) is 6.13. The molecule has 2 amide bonds. The molecule has 0 unspecified atom stereocenters. The van der Waals surface area contributed by atoms with Crippen LogP contribution in [0, 0.1) is 13.8 Å². The molecule has 2 rings (SSSR count). The van der Waals surface area contributed by atoms with Crippen molar-refractivity contribution in [2.24, 2.45) is 0 Å². The zero-order valence-electron chi connectivity index (χ0n) is 14.8. The lowest BCUT2D eigenvalue weighted by molar-refractivity contribution is -0.141. The van der Waals surface area contributed by atoms with Gasteiger partial charge in [-0.3, -0.25) is 9.59 Å². The number of hydrogen-bond acceptors (Lipinski definition) is 3. The molecular weight excluding hydrogens is 332 g/mol. The molecule has 0 aliphatic heterocycles. The second-order valence-electron chi connectivity index (χ2n) is 6.13. The molecule has 26 heavy (non-hydrogen) atoms. The number of carbonyl (C=O) groups is 3. The number of aryl methyl sites for hydroxylation is 2. The lowest BCUT2D eigenvalue weighted by Gasteiger charge is -2.16. The van der Waals surface area contributed by atoms with Crippen molar-refractivity contribution >= 4 is 17.8 Å². The molecule has 0 saturated heterocycles. The summed E-state index contributed by atoms with van der Waals surface area (Å²) < 4.78 is 0. The van der Waals surface area contributed by atoms with Crippen LogP contribution >= 0.6 is 0 Å². The van der Waals surface area contributed by atoms with Crippen molar-refractivity contribution in [3.05, 3.63) is 70.8 Å². The molecule has 6 nitrogen and oxygen atoms in total. The molecule has 0 bridgehead atoms. The Morgan fingerprint density at radius 3 is 2.31 bits per heavy atom. The van der Waals surface area contributed by atoms with Gasteiger partial charge in [0, 0.05) is 12.0 Å². The van der Waals surface area contributed by atoms with Crippen molar-refractivity contribution in [2.45, 2.75) is 26.3 Å². The average Bonchev–Trinajstić information content (AvgIpc) is 2.62. The normalized spacial score (nSPS) is 11.5. The van der Waals surface area contributed by atoms with E-state index in [1.807, 2.05) is 32.0 Å². The molecule has 0 radical (unpaired) electrons. The van der Waals surface area contributed by atoms with E-state index in [-0.39, 0.29) is 18.9 Å². The number of hydrogen-bond donors (Lipinski definition) is 3. The van der Waals surface area contributed by atoms with E-state index in [9.17, 15) is 19.5 Å². The maximum Gasteiger partial charge on any atom is 0.326 e. The Hall–Kier alpha value is -3.15. The third-order valence-corrected chi connectivity index (χ3v) is 4.09. The van der Waals surface area contributed by atoms with Gasteiger partial charge in [-0.2, -0.15) is 0 Å². The van der Waals surface area contributed by atoms with Crippen LogP contribution in [0.4, 0.5) is 0 Å². The van der Waals surface area contributed by atoms with Crippen LogP contribution in [0.2, 0.25) is 0 Å². The quantitative estimate of drug-likeness (QED) is 0.707. The lowest BCUT2D eigenvalue weighted by Crippen LogP contribution is -2.46. The number of benzene rings is 2. The third-order valence-electron chi connectivity index (χ3n) is 4.09. The maximum atomic E-state index is 12.0. The van der Waals surface area contributed by atoms with Crippen LogP contribution < -0.4 is 10.6 Å². The minimum atomic E-state index is -1.12. The first kappa shape index (κ1) is 19.2. The van der Waals surface area contributed by atoms with Crippen molar-refractivity contribution in [1.82, 2.24) is 10.6 Å². The summed E-state index contributed by atoms with van der Waals surface area (Å²) in [6.45, 7) is 3.64. The number of carboxylic acids is 1. The highest BCUT2D eigenvalue weighted by Gasteiger charge is 2.21. The smallest absolute Gasteiger partial charge is 0.326 e. The second kappa shape index (κ2) is 8.80. The number of carboxylic acid groups (broad SMARTS) is 1. The van der Waals surface area contributed by atoms with E-state index in [0.29, 0.717) is 5.56 Å². The molecule has 0 heterocycles. The Labute approximate surface area is 152 Å². The monoisotopic (exact) mass is 354 g/mol. The summed E-state index contributed by atoms with van der Waals surface area (Å²) in [5.74, 6) is -2.06. The van der Waals surface area contributed by atoms with Crippen LogP contribution in [0.15, 0.2) is 48.5 Å². The molecule has 0 aliphatic rings. The first-order valence-electron chi connectivity index (χ1n) is 8.28. The maximum absolute atomic E-state index is 12.0. The van der Waals surface area contributed by atoms with Gasteiger partial charge < -0.3 is 15.7 Å². The molecule has 6 heteroatoms. The van der Waals surface area contributed by atoms with E-state index in [1.54, 1.807) is 30.3 Å². The Morgan fingerprint density at radius 1 is 1.00 bits per heavy atom. The Bertz CT molecular complexity index is 803. The highest BCUT2D eigenvalue weighted by Crippen LogP contribution is 2.11. The standard InChI is InChI=1S/C20H22N2O4/c1-13-8-9-15(10-14(13)2)11-17(20(25)26)22-18(23)12-21-19(24)16-6-4-3-5-7-16/h3-10,17H,11-12H2,1-2H3,(H,21,24)(H,22,23)(H,25,26)/t17-/m1/s1. The number of rotatable bonds is 7. The summed E-state index contributed by atoms with van der Waals surface area (Å²) >= 11 is 0. The summed E-state index contributed by atoms with van der Waals surface area (Å²) in [5, 5.41) is 14.3. The minimum absolute atomic E-state index is 0.175. The van der Waals surface area contributed by atoms with Crippen molar-refractivity contribution in [2.75, 3.05) is 6.54 Å². The summed E-state index contributed by atoms with van der Waals surface area (Å²) in [6.07, 6.45) is 0.175. The molecule has 3 N–H and O–H groups in total. The number of amides is 2. The van der Waals surface area contributed by atoms with Gasteiger partial charge in [-0.15, -0.1) is 0 Å². The van der Waals surface area contributed by atoms with Gasteiger partial charge in [-0.25, -0.2) is 4.79 Å². The Morgan fingerprint density at radius 2 is 1.69 bits per heavy atom. The van der Waals surface area contributed by atoms with Crippen LogP contribution in [0.5, 0.6) is 0 Å². The Kier molecular flexibility index (Phi) is 6.49. The van der Waals surface area contributed by atoms with E-state index >= 15 is 0 Å². The van der Waals surface area contributed by atoms with Gasteiger partial charge in [0.2, 0.25) is 5.91 Å². The molecule has 136 valence electrons. The van der Waals surface area contributed by atoms with Gasteiger partial charge in [0.15, 0.2) is 0 Å².